The normalized spacial score (nSPS) is 12.6. The minimum absolute atomic E-state index is 0.274. The number of rotatable bonds is 7. The Morgan fingerprint density at radius 1 is 1.03 bits per heavy atom. The molecule has 3 aromatic carbocycles. The minimum atomic E-state index is -0.587. The number of nitrogens with one attached hydrogen (secondary N) is 2. The van der Waals surface area contributed by atoms with Crippen molar-refractivity contribution in [1.82, 2.24) is 5.32 Å². The molecule has 4 nitrogen and oxygen atoms in total. The van der Waals surface area contributed by atoms with E-state index in [4.69, 9.17) is 0 Å². The van der Waals surface area contributed by atoms with Crippen LogP contribution in [-0.2, 0) is 11.2 Å². The highest BCUT2D eigenvalue weighted by atomic mass is 19.1. The number of hydrogen-bond donors (Lipinski definition) is 2. The summed E-state index contributed by atoms with van der Waals surface area (Å²) in [5, 5.41) is 15.3. The quantitative estimate of drug-likeness (QED) is 0.588. The lowest BCUT2D eigenvalue weighted by atomic mass is 9.96. The Hall–Kier alpha value is -3.49. The molecule has 2 N–H and O–H groups in total. The number of carbonyl (C=O) groups excluding carboxylic acids is 1. The molecule has 0 saturated carbocycles. The molecule has 0 heterocycles. The minimum Gasteiger partial charge on any atom is -0.324 e. The first-order valence-electron chi connectivity index (χ1n) is 9.92. The van der Waals surface area contributed by atoms with Crippen LogP contribution in [0.2, 0.25) is 0 Å². The maximum absolute atomic E-state index is 13.9. The number of aryl methyl sites for hydroxylation is 1. The summed E-state index contributed by atoms with van der Waals surface area (Å²) in [6.07, 6.45) is 0.926. The van der Waals surface area contributed by atoms with Gasteiger partial charge in [-0.3, -0.25) is 10.1 Å². The van der Waals surface area contributed by atoms with Crippen LogP contribution >= 0.6 is 0 Å². The topological polar surface area (TPSA) is 64.9 Å². The van der Waals surface area contributed by atoms with Crippen LogP contribution in [0.3, 0.4) is 0 Å². The van der Waals surface area contributed by atoms with Gasteiger partial charge in [0, 0.05) is 0 Å². The Morgan fingerprint density at radius 3 is 2.43 bits per heavy atom. The second kappa shape index (κ2) is 9.82. The van der Waals surface area contributed by atoms with Crippen molar-refractivity contribution in [2.24, 2.45) is 0 Å². The number of anilines is 1. The van der Waals surface area contributed by atoms with E-state index in [1.807, 2.05) is 30.3 Å². The molecule has 0 saturated heterocycles. The van der Waals surface area contributed by atoms with Gasteiger partial charge in [0.2, 0.25) is 5.91 Å². The van der Waals surface area contributed by atoms with Gasteiger partial charge in [-0.25, -0.2) is 4.39 Å². The summed E-state index contributed by atoms with van der Waals surface area (Å²) >= 11 is 0. The maximum Gasteiger partial charge on any atom is 0.241 e. The fourth-order valence-corrected chi connectivity index (χ4v) is 3.27. The van der Waals surface area contributed by atoms with E-state index in [1.165, 1.54) is 17.7 Å². The number of nitrogens with zero attached hydrogens (tertiary/aromatic N) is 1. The zero-order valence-electron chi connectivity index (χ0n) is 17.0. The molecule has 0 aliphatic carbocycles. The molecule has 1 amide bonds. The first kappa shape index (κ1) is 21.2. The third kappa shape index (κ3) is 5.11. The zero-order chi connectivity index (χ0) is 21.5. The number of carbonyl (C=O) groups is 1. The summed E-state index contributed by atoms with van der Waals surface area (Å²) in [6, 6.07) is 22.4. The van der Waals surface area contributed by atoms with Crippen molar-refractivity contribution in [3.8, 4) is 6.07 Å². The molecule has 0 bridgehead atoms. The lowest BCUT2D eigenvalue weighted by Crippen LogP contribution is -2.40. The van der Waals surface area contributed by atoms with Gasteiger partial charge in [-0.1, -0.05) is 55.5 Å². The Bertz CT molecular complexity index is 1060. The summed E-state index contributed by atoms with van der Waals surface area (Å²) in [5.41, 5.74) is 3.74. The van der Waals surface area contributed by atoms with Crippen LogP contribution < -0.4 is 10.6 Å². The molecule has 30 heavy (non-hydrogen) atoms. The second-order valence-corrected chi connectivity index (χ2v) is 7.12. The largest absolute Gasteiger partial charge is 0.324 e. The lowest BCUT2D eigenvalue weighted by molar-refractivity contribution is -0.117. The van der Waals surface area contributed by atoms with Crippen LogP contribution in [0.15, 0.2) is 72.8 Å². The van der Waals surface area contributed by atoms with Crippen LogP contribution in [0.1, 0.15) is 42.1 Å². The van der Waals surface area contributed by atoms with Crippen molar-refractivity contribution in [3.63, 3.8) is 0 Å². The number of para-hydroxylation sites is 1. The third-order valence-corrected chi connectivity index (χ3v) is 5.02. The van der Waals surface area contributed by atoms with Crippen molar-refractivity contribution >= 4 is 11.6 Å². The molecule has 0 radical (unpaired) electrons. The predicted molar refractivity (Wildman–Crippen MR) is 116 cm³/mol. The van der Waals surface area contributed by atoms with Gasteiger partial charge >= 0.3 is 0 Å². The van der Waals surface area contributed by atoms with E-state index in [0.717, 1.165) is 17.5 Å². The summed E-state index contributed by atoms with van der Waals surface area (Å²) in [5.74, 6) is -0.603. The highest BCUT2D eigenvalue weighted by Crippen LogP contribution is 2.24. The Balaban J connectivity index is 1.84. The molecule has 0 unspecified atom stereocenters. The van der Waals surface area contributed by atoms with Gasteiger partial charge in [-0.15, -0.1) is 0 Å². The Kier molecular flexibility index (Phi) is 6.95. The zero-order valence-corrected chi connectivity index (χ0v) is 17.0. The first-order valence-corrected chi connectivity index (χ1v) is 9.92. The Morgan fingerprint density at radius 2 is 1.77 bits per heavy atom. The van der Waals surface area contributed by atoms with E-state index in [9.17, 15) is 14.4 Å². The van der Waals surface area contributed by atoms with Crippen LogP contribution in [0.4, 0.5) is 10.1 Å². The van der Waals surface area contributed by atoms with Crippen molar-refractivity contribution in [3.05, 3.63) is 101 Å². The van der Waals surface area contributed by atoms with E-state index in [0.29, 0.717) is 11.3 Å². The molecule has 152 valence electrons. The van der Waals surface area contributed by atoms with Crippen molar-refractivity contribution < 1.29 is 9.18 Å². The SMILES string of the molecule is CCc1ccc([C@H](N[C@@H](C)C(=O)Nc2ccccc2C#N)c2cccc(F)c2)cc1. The summed E-state index contributed by atoms with van der Waals surface area (Å²) in [6.45, 7) is 3.83. The summed E-state index contributed by atoms with van der Waals surface area (Å²) < 4.78 is 13.9. The molecular weight excluding hydrogens is 377 g/mol. The molecule has 3 aromatic rings. The van der Waals surface area contributed by atoms with E-state index in [2.05, 4.69) is 23.6 Å². The standard InChI is InChI=1S/C25H24FN3O/c1-3-18-11-13-19(14-12-18)24(20-8-6-9-22(26)15-20)28-17(2)25(30)29-23-10-5-4-7-21(23)16-27/h4-15,17,24,28H,3H2,1-2H3,(H,29,30)/t17-,24-/m0/s1. The molecule has 0 fully saturated rings. The average Bonchev–Trinajstić information content (AvgIpc) is 2.77. The molecular formula is C25H24FN3O. The van der Waals surface area contributed by atoms with Gasteiger partial charge in [0.25, 0.3) is 0 Å². The van der Waals surface area contributed by atoms with E-state index < -0.39 is 6.04 Å². The summed E-state index contributed by atoms with van der Waals surface area (Å²) in [4.78, 5) is 12.8. The van der Waals surface area contributed by atoms with Gasteiger partial charge in [-0.05, 0) is 54.3 Å². The molecule has 2 atom stereocenters. The highest BCUT2D eigenvalue weighted by molar-refractivity contribution is 5.95. The maximum atomic E-state index is 13.9. The van der Waals surface area contributed by atoms with E-state index >= 15 is 0 Å². The van der Waals surface area contributed by atoms with Crippen molar-refractivity contribution in [2.45, 2.75) is 32.4 Å². The monoisotopic (exact) mass is 401 g/mol. The smallest absolute Gasteiger partial charge is 0.241 e. The van der Waals surface area contributed by atoms with Gasteiger partial charge in [0.1, 0.15) is 11.9 Å². The van der Waals surface area contributed by atoms with Crippen LogP contribution in [0, 0.1) is 17.1 Å². The van der Waals surface area contributed by atoms with E-state index in [-0.39, 0.29) is 17.8 Å². The number of nitriles is 1. The highest BCUT2D eigenvalue weighted by Gasteiger charge is 2.22. The van der Waals surface area contributed by atoms with Gasteiger partial charge < -0.3 is 5.32 Å². The summed E-state index contributed by atoms with van der Waals surface area (Å²) in [7, 11) is 0. The molecule has 0 aliphatic heterocycles. The molecule has 0 spiro atoms. The molecule has 0 aromatic heterocycles. The van der Waals surface area contributed by atoms with E-state index in [1.54, 1.807) is 37.3 Å². The predicted octanol–water partition coefficient (Wildman–Crippen LogP) is 4.97. The van der Waals surface area contributed by atoms with Gasteiger partial charge in [0.15, 0.2) is 0 Å². The number of benzene rings is 3. The number of amides is 1. The Labute approximate surface area is 176 Å². The van der Waals surface area contributed by atoms with Crippen LogP contribution in [0.5, 0.6) is 0 Å². The number of halogens is 1. The van der Waals surface area contributed by atoms with Crippen molar-refractivity contribution in [1.29, 1.82) is 5.26 Å². The van der Waals surface area contributed by atoms with Gasteiger partial charge in [0.05, 0.1) is 23.3 Å². The molecule has 3 rings (SSSR count). The number of hydrogen-bond acceptors (Lipinski definition) is 3. The average molecular weight is 401 g/mol. The lowest BCUT2D eigenvalue weighted by Gasteiger charge is -2.24. The van der Waals surface area contributed by atoms with Crippen LogP contribution in [0.25, 0.3) is 0 Å². The fraction of sp³-hybridized carbons (Fsp3) is 0.200. The fourth-order valence-electron chi connectivity index (χ4n) is 3.27. The van der Waals surface area contributed by atoms with Crippen molar-refractivity contribution in [2.75, 3.05) is 5.32 Å². The first-order chi connectivity index (χ1) is 14.5. The van der Waals surface area contributed by atoms with Crippen LogP contribution in [-0.4, -0.2) is 11.9 Å². The second-order valence-electron chi connectivity index (χ2n) is 7.12. The van der Waals surface area contributed by atoms with Gasteiger partial charge in [-0.2, -0.15) is 5.26 Å². The third-order valence-electron chi connectivity index (χ3n) is 5.02. The molecule has 0 aliphatic rings. The molecule has 5 heteroatoms.